The molecule has 1 aliphatic carbocycles. The van der Waals surface area contributed by atoms with E-state index in [1.165, 1.54) is 0 Å². The minimum absolute atomic E-state index is 0.313. The van der Waals surface area contributed by atoms with Crippen LogP contribution in [0.2, 0.25) is 0 Å². The molecule has 0 N–H and O–H groups in total. The van der Waals surface area contributed by atoms with Gasteiger partial charge in [0.05, 0.1) is 18.2 Å². The summed E-state index contributed by atoms with van der Waals surface area (Å²) in [7, 11) is 0. The van der Waals surface area contributed by atoms with Crippen LogP contribution in [0.4, 0.5) is 0 Å². The molecule has 1 aliphatic rings. The monoisotopic (exact) mass is 165 g/mol. The van der Waals surface area contributed by atoms with E-state index in [0.29, 0.717) is 24.2 Å². The molecule has 0 aromatic rings. The first-order valence-electron chi connectivity index (χ1n) is 4.08. The van der Waals surface area contributed by atoms with Crippen LogP contribution in [0.3, 0.4) is 0 Å². The van der Waals surface area contributed by atoms with E-state index < -0.39 is 0 Å². The number of carbonyl (C=O) groups is 1. The molecule has 0 saturated heterocycles. The minimum atomic E-state index is -0.313. The van der Waals surface area contributed by atoms with Gasteiger partial charge in [-0.3, -0.25) is 0 Å². The van der Waals surface area contributed by atoms with Gasteiger partial charge in [0.1, 0.15) is 0 Å². The largest absolute Gasteiger partial charge is 0.463 e. The van der Waals surface area contributed by atoms with Crippen molar-refractivity contribution >= 4 is 5.97 Å². The van der Waals surface area contributed by atoms with Crippen LogP contribution in [0.15, 0.2) is 11.1 Å². The number of esters is 1. The fourth-order valence-corrected chi connectivity index (χ4v) is 1.31. The van der Waals surface area contributed by atoms with Gasteiger partial charge < -0.3 is 4.74 Å². The van der Waals surface area contributed by atoms with Gasteiger partial charge in [0.15, 0.2) is 0 Å². The van der Waals surface area contributed by atoms with Crippen LogP contribution in [0.25, 0.3) is 0 Å². The van der Waals surface area contributed by atoms with E-state index in [1.807, 2.05) is 6.07 Å². The number of hydrogen-bond donors (Lipinski definition) is 0. The van der Waals surface area contributed by atoms with Gasteiger partial charge in [-0.25, -0.2) is 4.79 Å². The molecule has 0 bridgehead atoms. The van der Waals surface area contributed by atoms with Gasteiger partial charge >= 0.3 is 5.97 Å². The number of hydrogen-bond acceptors (Lipinski definition) is 3. The van der Waals surface area contributed by atoms with E-state index in [9.17, 15) is 4.79 Å². The molecule has 3 heteroatoms. The first kappa shape index (κ1) is 8.79. The van der Waals surface area contributed by atoms with Gasteiger partial charge in [-0.1, -0.05) is 0 Å². The lowest BCUT2D eigenvalue weighted by atomic mass is 10.2. The van der Waals surface area contributed by atoms with Crippen molar-refractivity contribution in [3.8, 4) is 6.07 Å². The lowest BCUT2D eigenvalue weighted by Crippen LogP contribution is -2.06. The Kier molecular flexibility index (Phi) is 2.87. The molecule has 3 nitrogen and oxygen atoms in total. The highest BCUT2D eigenvalue weighted by Crippen LogP contribution is 2.25. The van der Waals surface area contributed by atoms with E-state index in [1.54, 1.807) is 6.92 Å². The van der Waals surface area contributed by atoms with E-state index >= 15 is 0 Å². The quantitative estimate of drug-likeness (QED) is 0.583. The number of rotatable bonds is 2. The number of nitrogens with zero attached hydrogens (tertiary/aromatic N) is 1. The predicted molar refractivity (Wildman–Crippen MR) is 43.1 cm³/mol. The van der Waals surface area contributed by atoms with Crippen LogP contribution >= 0.6 is 0 Å². The van der Waals surface area contributed by atoms with Crippen molar-refractivity contribution < 1.29 is 9.53 Å². The Hall–Kier alpha value is -1.30. The topological polar surface area (TPSA) is 50.1 Å². The predicted octanol–water partition coefficient (Wildman–Crippen LogP) is 1.55. The fraction of sp³-hybridized carbons (Fsp3) is 0.556. The summed E-state index contributed by atoms with van der Waals surface area (Å²) in [6.45, 7) is 2.14. The molecule has 0 aliphatic heterocycles. The Morgan fingerprint density at radius 1 is 1.67 bits per heavy atom. The molecule has 0 aromatic heterocycles. The summed E-state index contributed by atoms with van der Waals surface area (Å²) in [5.74, 6) is -0.313. The Labute approximate surface area is 71.6 Å². The molecule has 0 amide bonds. The zero-order valence-corrected chi connectivity index (χ0v) is 7.09. The second-order valence-corrected chi connectivity index (χ2v) is 2.64. The van der Waals surface area contributed by atoms with Crippen LogP contribution in [0, 0.1) is 11.3 Å². The summed E-state index contributed by atoms with van der Waals surface area (Å²) in [5.41, 5.74) is 1.19. The summed E-state index contributed by atoms with van der Waals surface area (Å²) >= 11 is 0. The van der Waals surface area contributed by atoms with Crippen molar-refractivity contribution in [2.45, 2.75) is 26.2 Å². The van der Waals surface area contributed by atoms with Gasteiger partial charge in [0, 0.05) is 5.57 Å². The normalized spacial score (nSPS) is 16.0. The molecule has 0 atom stereocenters. The molecule has 0 aromatic carbocycles. The third-order valence-corrected chi connectivity index (χ3v) is 1.87. The highest BCUT2D eigenvalue weighted by molar-refractivity contribution is 5.90. The van der Waals surface area contributed by atoms with E-state index in [0.717, 1.165) is 12.8 Å². The van der Waals surface area contributed by atoms with Crippen LogP contribution in [0.5, 0.6) is 0 Å². The molecule has 64 valence electrons. The average molecular weight is 165 g/mol. The van der Waals surface area contributed by atoms with Crippen LogP contribution in [-0.4, -0.2) is 12.6 Å². The van der Waals surface area contributed by atoms with Crippen molar-refractivity contribution in [1.82, 2.24) is 0 Å². The molecule has 0 spiro atoms. The summed E-state index contributed by atoms with van der Waals surface area (Å²) in [5, 5.41) is 8.64. The van der Waals surface area contributed by atoms with Crippen molar-refractivity contribution in [3.05, 3.63) is 11.1 Å². The maximum atomic E-state index is 11.2. The highest BCUT2D eigenvalue weighted by Gasteiger charge is 2.21. The zero-order chi connectivity index (χ0) is 8.97. The van der Waals surface area contributed by atoms with E-state index in [-0.39, 0.29) is 5.97 Å². The highest BCUT2D eigenvalue weighted by atomic mass is 16.5. The maximum Gasteiger partial charge on any atom is 0.334 e. The minimum Gasteiger partial charge on any atom is -0.463 e. The Bertz CT molecular complexity index is 260. The summed E-state index contributed by atoms with van der Waals surface area (Å²) in [6, 6.07) is 2.03. The molecule has 0 unspecified atom stereocenters. The number of nitriles is 1. The average Bonchev–Trinajstić information content (AvgIpc) is 2.51. The molecule has 0 fully saturated rings. The number of carbonyl (C=O) groups excluding carboxylic acids is 1. The maximum absolute atomic E-state index is 11.2. The molecule has 0 radical (unpaired) electrons. The molecular formula is C9H11NO2. The van der Waals surface area contributed by atoms with Gasteiger partial charge in [-0.15, -0.1) is 0 Å². The van der Waals surface area contributed by atoms with Crippen molar-refractivity contribution in [1.29, 1.82) is 5.26 Å². The summed E-state index contributed by atoms with van der Waals surface area (Å²) in [6.07, 6.45) is 2.32. The SMILES string of the molecule is CCOC(=O)C1=C(C#N)CCC1. The second kappa shape index (κ2) is 3.91. The standard InChI is InChI=1S/C9H11NO2/c1-2-12-9(11)8-5-3-4-7(8)6-10/h2-5H2,1H3. The molecular weight excluding hydrogens is 154 g/mol. The third-order valence-electron chi connectivity index (χ3n) is 1.87. The Morgan fingerprint density at radius 2 is 2.42 bits per heavy atom. The zero-order valence-electron chi connectivity index (χ0n) is 7.09. The molecule has 1 rings (SSSR count). The van der Waals surface area contributed by atoms with E-state index in [4.69, 9.17) is 10.00 Å². The van der Waals surface area contributed by atoms with Crippen LogP contribution in [0.1, 0.15) is 26.2 Å². The Balaban J connectivity index is 2.73. The first-order valence-corrected chi connectivity index (χ1v) is 4.08. The van der Waals surface area contributed by atoms with Crippen molar-refractivity contribution in [2.24, 2.45) is 0 Å². The first-order chi connectivity index (χ1) is 5.79. The van der Waals surface area contributed by atoms with Crippen LogP contribution < -0.4 is 0 Å². The number of ether oxygens (including phenoxy) is 1. The molecule has 0 heterocycles. The lowest BCUT2D eigenvalue weighted by Gasteiger charge is -2.01. The van der Waals surface area contributed by atoms with Gasteiger partial charge in [-0.05, 0) is 26.2 Å². The van der Waals surface area contributed by atoms with Crippen LogP contribution in [-0.2, 0) is 9.53 Å². The third kappa shape index (κ3) is 1.65. The lowest BCUT2D eigenvalue weighted by molar-refractivity contribution is -0.138. The fourth-order valence-electron chi connectivity index (χ4n) is 1.31. The summed E-state index contributed by atoms with van der Waals surface area (Å²) < 4.78 is 4.81. The molecule has 12 heavy (non-hydrogen) atoms. The summed E-state index contributed by atoms with van der Waals surface area (Å²) in [4.78, 5) is 11.2. The van der Waals surface area contributed by atoms with Crippen molar-refractivity contribution in [3.63, 3.8) is 0 Å². The van der Waals surface area contributed by atoms with E-state index in [2.05, 4.69) is 0 Å². The van der Waals surface area contributed by atoms with Gasteiger partial charge in [0.25, 0.3) is 0 Å². The van der Waals surface area contributed by atoms with Gasteiger partial charge in [-0.2, -0.15) is 5.26 Å². The van der Waals surface area contributed by atoms with Gasteiger partial charge in [0.2, 0.25) is 0 Å². The Morgan fingerprint density at radius 3 is 3.00 bits per heavy atom. The number of allylic oxidation sites excluding steroid dienone is 1. The smallest absolute Gasteiger partial charge is 0.334 e. The second-order valence-electron chi connectivity index (χ2n) is 2.64. The molecule has 0 saturated carbocycles. The van der Waals surface area contributed by atoms with Crippen molar-refractivity contribution in [2.75, 3.05) is 6.61 Å².